The largest absolute Gasteiger partial charge is 0.456 e. The van der Waals surface area contributed by atoms with Gasteiger partial charge in [0.1, 0.15) is 11.2 Å². The van der Waals surface area contributed by atoms with Gasteiger partial charge in [-0.2, -0.15) is 0 Å². The predicted octanol–water partition coefficient (Wildman–Crippen LogP) is 15.6. The Labute approximate surface area is 314 Å². The first-order valence-corrected chi connectivity index (χ1v) is 19.3. The summed E-state index contributed by atoms with van der Waals surface area (Å²) in [5.41, 5.74) is 9.22. The number of furan rings is 1. The summed E-state index contributed by atoms with van der Waals surface area (Å²) in [5.74, 6) is 0. The molecule has 0 saturated heterocycles. The summed E-state index contributed by atoms with van der Waals surface area (Å²) in [6.07, 6.45) is 0. The molecule has 0 saturated carbocycles. The van der Waals surface area contributed by atoms with Crippen LogP contribution in [0.15, 0.2) is 186 Å². The van der Waals surface area contributed by atoms with Crippen molar-refractivity contribution >= 4 is 96.5 Å². The van der Waals surface area contributed by atoms with Gasteiger partial charge < -0.3 is 4.42 Å². The smallest absolute Gasteiger partial charge is 0.136 e. The van der Waals surface area contributed by atoms with E-state index in [0.29, 0.717) is 0 Å². The van der Waals surface area contributed by atoms with E-state index < -0.39 is 0 Å². The quantitative estimate of drug-likeness (QED) is 0.167. The molecule has 0 N–H and O–H groups in total. The Morgan fingerprint density at radius 1 is 0.315 bits per heavy atom. The lowest BCUT2D eigenvalue weighted by molar-refractivity contribution is 0.669. The van der Waals surface area contributed by atoms with Crippen LogP contribution in [0.1, 0.15) is 0 Å². The SMILES string of the molecule is c1cc(-c2ccc3ccccc3c2)cc(-c2c3ccccc3c(-c3ccc4oc5ccc6c(sc7ccc8ccccc8c76)c5c4c3)c3ccccc23)c1. The molecule has 0 radical (unpaired) electrons. The molecule has 12 aromatic rings. The van der Waals surface area contributed by atoms with Crippen molar-refractivity contribution in [2.45, 2.75) is 0 Å². The summed E-state index contributed by atoms with van der Waals surface area (Å²) in [6.45, 7) is 0. The second-order valence-corrected chi connectivity index (χ2v) is 15.4. The molecule has 0 aliphatic carbocycles. The Kier molecular flexibility index (Phi) is 6.28. The Morgan fingerprint density at radius 2 is 0.889 bits per heavy atom. The maximum atomic E-state index is 6.56. The van der Waals surface area contributed by atoms with Crippen LogP contribution < -0.4 is 0 Å². The number of thiophene rings is 1. The van der Waals surface area contributed by atoms with Gasteiger partial charge in [0.2, 0.25) is 0 Å². The van der Waals surface area contributed by atoms with E-state index in [2.05, 4.69) is 182 Å². The second-order valence-electron chi connectivity index (χ2n) is 14.4. The normalized spacial score (nSPS) is 12.1. The zero-order valence-corrected chi connectivity index (χ0v) is 30.0. The van der Waals surface area contributed by atoms with Crippen LogP contribution in [0, 0.1) is 0 Å². The molecule has 0 aliphatic rings. The Balaban J connectivity index is 1.10. The van der Waals surface area contributed by atoms with Gasteiger partial charge in [-0.15, -0.1) is 11.3 Å². The summed E-state index contributed by atoms with van der Waals surface area (Å²) >= 11 is 1.87. The zero-order valence-electron chi connectivity index (χ0n) is 29.1. The van der Waals surface area contributed by atoms with Gasteiger partial charge in [-0.25, -0.2) is 0 Å². The summed E-state index contributed by atoms with van der Waals surface area (Å²) in [4.78, 5) is 0. The van der Waals surface area contributed by atoms with Gasteiger partial charge in [0.15, 0.2) is 0 Å². The Hall–Kier alpha value is -6.74. The lowest BCUT2D eigenvalue weighted by Gasteiger charge is -2.18. The summed E-state index contributed by atoms with van der Waals surface area (Å²) in [5, 5.41) is 15.0. The molecule has 10 aromatic carbocycles. The van der Waals surface area contributed by atoms with E-state index in [1.165, 1.54) is 102 Å². The van der Waals surface area contributed by atoms with Gasteiger partial charge in [-0.1, -0.05) is 140 Å². The molecular weight excluding hydrogens is 673 g/mol. The fourth-order valence-corrected chi connectivity index (χ4v) is 10.3. The number of hydrogen-bond donors (Lipinski definition) is 0. The van der Waals surface area contributed by atoms with E-state index in [0.717, 1.165) is 16.6 Å². The van der Waals surface area contributed by atoms with Crippen molar-refractivity contribution in [1.29, 1.82) is 0 Å². The molecule has 2 heteroatoms. The molecular formula is C52H30OS. The highest BCUT2D eigenvalue weighted by molar-refractivity contribution is 7.27. The molecule has 54 heavy (non-hydrogen) atoms. The number of fused-ring (bicyclic) bond motifs is 12. The van der Waals surface area contributed by atoms with Crippen molar-refractivity contribution in [3.05, 3.63) is 182 Å². The molecule has 12 rings (SSSR count). The fraction of sp³-hybridized carbons (Fsp3) is 0. The van der Waals surface area contributed by atoms with E-state index >= 15 is 0 Å². The predicted molar refractivity (Wildman–Crippen MR) is 233 cm³/mol. The highest BCUT2D eigenvalue weighted by Crippen LogP contribution is 2.48. The first kappa shape index (κ1) is 29.8. The molecule has 0 bridgehead atoms. The van der Waals surface area contributed by atoms with E-state index in [1.54, 1.807) is 0 Å². The summed E-state index contributed by atoms with van der Waals surface area (Å²) in [6, 6.07) is 66.7. The maximum absolute atomic E-state index is 6.56. The van der Waals surface area contributed by atoms with Gasteiger partial charge in [-0.05, 0) is 119 Å². The molecule has 0 atom stereocenters. The second kappa shape index (κ2) is 11.4. The summed E-state index contributed by atoms with van der Waals surface area (Å²) in [7, 11) is 0. The highest BCUT2D eigenvalue weighted by atomic mass is 32.1. The number of rotatable bonds is 3. The molecule has 0 amide bonds. The van der Waals surface area contributed by atoms with Gasteiger partial charge in [-0.3, -0.25) is 0 Å². The number of benzene rings is 10. The van der Waals surface area contributed by atoms with Crippen LogP contribution in [0.25, 0.3) is 119 Å². The molecule has 0 spiro atoms. The van der Waals surface area contributed by atoms with Crippen molar-refractivity contribution in [2.24, 2.45) is 0 Å². The monoisotopic (exact) mass is 702 g/mol. The zero-order chi connectivity index (χ0) is 35.3. The van der Waals surface area contributed by atoms with Crippen molar-refractivity contribution in [3.63, 3.8) is 0 Å². The van der Waals surface area contributed by atoms with Crippen molar-refractivity contribution in [2.75, 3.05) is 0 Å². The molecule has 0 fully saturated rings. The molecule has 250 valence electrons. The first-order chi connectivity index (χ1) is 26.8. The molecule has 1 nitrogen and oxygen atoms in total. The van der Waals surface area contributed by atoms with Crippen LogP contribution >= 0.6 is 11.3 Å². The minimum atomic E-state index is 0.916. The van der Waals surface area contributed by atoms with Gasteiger partial charge in [0.05, 0.1) is 0 Å². The van der Waals surface area contributed by atoms with Gasteiger partial charge in [0, 0.05) is 30.9 Å². The third kappa shape index (κ3) is 4.32. The highest BCUT2D eigenvalue weighted by Gasteiger charge is 2.20. The Bertz CT molecular complexity index is 3450. The third-order valence-corrected chi connectivity index (χ3v) is 12.6. The Morgan fingerprint density at radius 3 is 1.65 bits per heavy atom. The molecule has 0 unspecified atom stereocenters. The first-order valence-electron chi connectivity index (χ1n) is 18.5. The molecule has 0 aliphatic heterocycles. The van der Waals surface area contributed by atoms with Crippen LogP contribution in [0.5, 0.6) is 0 Å². The topological polar surface area (TPSA) is 13.1 Å². The van der Waals surface area contributed by atoms with Gasteiger partial charge in [0.25, 0.3) is 0 Å². The standard InChI is InChI=1S/C52H30OS/c1-2-12-33-28-35(21-20-31(33)10-1)34-13-9-14-36(29-34)48-39-16-5-7-18-41(39)49(42-19-8-6-17-40(42)48)37-22-25-45-44(30-37)51-46(53-45)26-24-43-50-38-15-4-3-11-32(38)23-27-47(50)54-52(43)51/h1-30H. The van der Waals surface area contributed by atoms with Gasteiger partial charge >= 0.3 is 0 Å². The third-order valence-electron chi connectivity index (χ3n) is 11.4. The minimum absolute atomic E-state index is 0.916. The van der Waals surface area contributed by atoms with Crippen LogP contribution in [-0.2, 0) is 0 Å². The van der Waals surface area contributed by atoms with Crippen LogP contribution in [0.4, 0.5) is 0 Å². The summed E-state index contributed by atoms with van der Waals surface area (Å²) < 4.78 is 9.15. The van der Waals surface area contributed by atoms with Crippen LogP contribution in [0.2, 0.25) is 0 Å². The van der Waals surface area contributed by atoms with E-state index in [1.807, 2.05) is 11.3 Å². The average Bonchev–Trinajstić information content (AvgIpc) is 3.81. The molecule has 2 heterocycles. The fourth-order valence-electron chi connectivity index (χ4n) is 8.99. The van der Waals surface area contributed by atoms with E-state index in [4.69, 9.17) is 4.42 Å². The van der Waals surface area contributed by atoms with Crippen molar-refractivity contribution in [3.8, 4) is 33.4 Å². The van der Waals surface area contributed by atoms with Crippen LogP contribution in [-0.4, -0.2) is 0 Å². The lowest BCUT2D eigenvalue weighted by Crippen LogP contribution is -1.91. The van der Waals surface area contributed by atoms with E-state index in [-0.39, 0.29) is 0 Å². The van der Waals surface area contributed by atoms with Crippen molar-refractivity contribution < 1.29 is 4.42 Å². The minimum Gasteiger partial charge on any atom is -0.456 e. The average molecular weight is 703 g/mol. The lowest BCUT2D eigenvalue weighted by atomic mass is 9.85. The van der Waals surface area contributed by atoms with Crippen LogP contribution in [0.3, 0.4) is 0 Å². The van der Waals surface area contributed by atoms with Crippen molar-refractivity contribution in [1.82, 2.24) is 0 Å². The molecule has 2 aromatic heterocycles. The maximum Gasteiger partial charge on any atom is 0.136 e. The van der Waals surface area contributed by atoms with E-state index in [9.17, 15) is 0 Å². The number of hydrogen-bond acceptors (Lipinski definition) is 2.